The van der Waals surface area contributed by atoms with Crippen molar-refractivity contribution in [2.24, 2.45) is 5.73 Å². The van der Waals surface area contributed by atoms with Gasteiger partial charge in [0.2, 0.25) is 0 Å². The van der Waals surface area contributed by atoms with Gasteiger partial charge in [0.05, 0.1) is 0 Å². The van der Waals surface area contributed by atoms with Crippen molar-refractivity contribution in [1.29, 1.82) is 5.41 Å². The minimum atomic E-state index is -0.804. The van der Waals surface area contributed by atoms with Crippen LogP contribution in [0.15, 0.2) is 91.0 Å². The number of carbonyl (C=O) groups is 1. The third-order valence-corrected chi connectivity index (χ3v) is 7.92. The molecule has 1 fully saturated rings. The molecule has 5 atom stereocenters. The van der Waals surface area contributed by atoms with E-state index in [-0.39, 0.29) is 17.9 Å². The van der Waals surface area contributed by atoms with Crippen molar-refractivity contribution in [2.75, 3.05) is 6.61 Å². The van der Waals surface area contributed by atoms with Gasteiger partial charge in [-0.25, -0.2) is 0 Å². The molecule has 9 heteroatoms. The van der Waals surface area contributed by atoms with E-state index in [0.29, 0.717) is 13.2 Å². The molecule has 0 radical (unpaired) electrons. The molecule has 1 saturated heterocycles. The Morgan fingerprint density at radius 3 is 1.77 bits per heavy atom. The molecule has 0 aromatic heterocycles. The zero-order chi connectivity index (χ0) is 27.5. The van der Waals surface area contributed by atoms with Crippen LogP contribution < -0.4 is 5.73 Å². The topological polar surface area (TPSA) is 113 Å². The fraction of sp³-hybridized carbons (Fsp3) is 0.333. The molecule has 0 unspecified atom stereocenters. The average molecular weight is 598 g/mol. The summed E-state index contributed by atoms with van der Waals surface area (Å²) in [6.07, 6.45) is -2.64. The summed E-state index contributed by atoms with van der Waals surface area (Å²) in [5.41, 5.74) is 8.80. The van der Waals surface area contributed by atoms with Gasteiger partial charge in [-0.1, -0.05) is 0 Å². The normalized spacial score (nSPS) is 22.7. The number of hydrogen-bond donors (Lipinski definition) is 2. The number of nitrogens with one attached hydrogen (secondary N) is 1. The number of carbonyl (C=O) groups excluding carboxylic acids is 1. The number of esters is 1. The van der Waals surface area contributed by atoms with Crippen molar-refractivity contribution >= 4 is 25.7 Å². The fourth-order valence-electron chi connectivity index (χ4n) is 4.34. The second-order valence-electron chi connectivity index (χ2n) is 9.12. The van der Waals surface area contributed by atoms with E-state index < -0.39 is 50.3 Å². The SMILES string of the molecule is CC(=O)O[C@H]1[C@@H](OCc2ccccc2)[C@H](OCc2ccccc2)[C@@H](COCc2ccccc2)O[C@H]1[Se]C(=N)N. The molecular formula is C30H34N2O6Se. The molecular weight excluding hydrogens is 563 g/mol. The number of ether oxygens (including phenoxy) is 5. The first-order chi connectivity index (χ1) is 19.0. The van der Waals surface area contributed by atoms with Crippen LogP contribution in [-0.2, 0) is 48.3 Å². The van der Waals surface area contributed by atoms with Crippen molar-refractivity contribution in [1.82, 2.24) is 0 Å². The molecule has 206 valence electrons. The molecule has 3 aromatic rings. The zero-order valence-electron chi connectivity index (χ0n) is 21.8. The molecule has 0 bridgehead atoms. The van der Waals surface area contributed by atoms with Crippen molar-refractivity contribution in [3.05, 3.63) is 108 Å². The van der Waals surface area contributed by atoms with Gasteiger partial charge in [0.1, 0.15) is 0 Å². The first kappa shape index (κ1) is 29.0. The van der Waals surface area contributed by atoms with Crippen LogP contribution in [0.5, 0.6) is 0 Å². The van der Waals surface area contributed by atoms with Gasteiger partial charge in [0, 0.05) is 0 Å². The van der Waals surface area contributed by atoms with Crippen molar-refractivity contribution < 1.29 is 28.5 Å². The van der Waals surface area contributed by atoms with Crippen LogP contribution >= 0.6 is 0 Å². The summed E-state index contributed by atoms with van der Waals surface area (Å²) < 4.78 is 31.2. The van der Waals surface area contributed by atoms with Gasteiger partial charge in [-0.3, -0.25) is 0 Å². The Balaban J connectivity index is 1.60. The summed E-state index contributed by atoms with van der Waals surface area (Å²) in [5.74, 6) is -0.471. The molecule has 1 heterocycles. The minimum absolute atomic E-state index is 0.0148. The Morgan fingerprint density at radius 2 is 1.28 bits per heavy atom. The number of amidine groups is 1. The zero-order valence-corrected chi connectivity index (χ0v) is 23.5. The van der Waals surface area contributed by atoms with Gasteiger partial charge in [-0.15, -0.1) is 0 Å². The standard InChI is InChI=1S/C30H34N2O6Se/c1-21(33)37-28-27(36-19-24-15-9-4-10-16-24)26(35-18-23-13-7-3-8-14-23)25(38-29(28)39-30(31)32)20-34-17-22-11-5-2-6-12-22/h2-16,25-29H,17-20H2,1H3,(H3,31,32)/t25-,26-,27+,28+,29+/m1/s1. The van der Waals surface area contributed by atoms with E-state index in [1.165, 1.54) is 6.92 Å². The Morgan fingerprint density at radius 1 is 0.795 bits per heavy atom. The van der Waals surface area contributed by atoms with Crippen LogP contribution in [-0.4, -0.2) is 61.7 Å². The van der Waals surface area contributed by atoms with E-state index in [2.05, 4.69) is 0 Å². The van der Waals surface area contributed by atoms with Crippen LogP contribution in [0.4, 0.5) is 0 Å². The maximum atomic E-state index is 12.2. The Labute approximate surface area is 235 Å². The molecule has 8 nitrogen and oxygen atoms in total. The number of rotatable bonds is 13. The summed E-state index contributed by atoms with van der Waals surface area (Å²) in [6, 6.07) is 29.5. The molecule has 3 N–H and O–H groups in total. The van der Waals surface area contributed by atoms with E-state index in [9.17, 15) is 4.79 Å². The molecule has 3 aromatic carbocycles. The maximum absolute atomic E-state index is 12.2. The summed E-state index contributed by atoms with van der Waals surface area (Å²) in [4.78, 5) is 12.2. The van der Waals surface area contributed by atoms with Crippen LogP contribution in [0.25, 0.3) is 0 Å². The van der Waals surface area contributed by atoms with Crippen molar-refractivity contribution in [2.45, 2.75) is 56.2 Å². The number of nitrogens with two attached hydrogens (primary N) is 1. The van der Waals surface area contributed by atoms with E-state index >= 15 is 0 Å². The second-order valence-corrected chi connectivity index (χ2v) is 11.5. The van der Waals surface area contributed by atoms with Crippen LogP contribution in [0.1, 0.15) is 23.6 Å². The number of benzene rings is 3. The van der Waals surface area contributed by atoms with Gasteiger partial charge in [0.15, 0.2) is 0 Å². The molecule has 0 aliphatic carbocycles. The van der Waals surface area contributed by atoms with Gasteiger partial charge < -0.3 is 0 Å². The summed E-state index contributed by atoms with van der Waals surface area (Å²) in [5, 5.41) is 7.31. The molecule has 0 saturated carbocycles. The Hall–Kier alpha value is -3.04. The Bertz CT molecular complexity index is 1170. The predicted molar refractivity (Wildman–Crippen MR) is 148 cm³/mol. The average Bonchev–Trinajstić information content (AvgIpc) is 2.94. The fourth-order valence-corrected chi connectivity index (χ4v) is 6.01. The molecule has 0 spiro atoms. The molecule has 0 amide bonds. The molecule has 4 rings (SSSR count). The van der Waals surface area contributed by atoms with Gasteiger partial charge in [-0.2, -0.15) is 0 Å². The summed E-state index contributed by atoms with van der Waals surface area (Å²) >= 11 is -0.601. The summed E-state index contributed by atoms with van der Waals surface area (Å²) in [6.45, 7) is 2.56. The van der Waals surface area contributed by atoms with Gasteiger partial charge in [-0.05, 0) is 0 Å². The first-order valence-corrected chi connectivity index (χ1v) is 14.6. The predicted octanol–water partition coefficient (Wildman–Crippen LogP) is 3.63. The molecule has 39 heavy (non-hydrogen) atoms. The number of hydrogen-bond acceptors (Lipinski definition) is 7. The van der Waals surface area contributed by atoms with Gasteiger partial charge in [0.25, 0.3) is 0 Å². The summed E-state index contributed by atoms with van der Waals surface area (Å²) in [7, 11) is 0. The quantitative estimate of drug-likeness (QED) is 0.134. The van der Waals surface area contributed by atoms with Gasteiger partial charge >= 0.3 is 236 Å². The second kappa shape index (κ2) is 14.9. The third kappa shape index (κ3) is 9.00. The molecule has 1 aliphatic rings. The van der Waals surface area contributed by atoms with E-state index in [4.69, 9.17) is 34.8 Å². The van der Waals surface area contributed by atoms with Crippen LogP contribution in [0.3, 0.4) is 0 Å². The van der Waals surface area contributed by atoms with E-state index in [1.807, 2.05) is 91.0 Å². The Kier molecular flexibility index (Phi) is 11.1. The third-order valence-electron chi connectivity index (χ3n) is 6.10. The van der Waals surface area contributed by atoms with Crippen molar-refractivity contribution in [3.8, 4) is 0 Å². The monoisotopic (exact) mass is 598 g/mol. The van der Waals surface area contributed by atoms with Crippen LogP contribution in [0.2, 0.25) is 0 Å². The molecule has 1 aliphatic heterocycles. The van der Waals surface area contributed by atoms with E-state index in [0.717, 1.165) is 16.7 Å². The first-order valence-electron chi connectivity index (χ1n) is 12.8. The van der Waals surface area contributed by atoms with Crippen LogP contribution in [0, 0.1) is 5.41 Å². The van der Waals surface area contributed by atoms with Crippen molar-refractivity contribution in [3.63, 3.8) is 0 Å². The van der Waals surface area contributed by atoms with E-state index in [1.54, 1.807) is 0 Å².